The Kier molecular flexibility index (Phi) is 4.23. The minimum atomic E-state index is -0.469. The molecule has 1 aromatic carbocycles. The van der Waals surface area contributed by atoms with Gasteiger partial charge in [0.15, 0.2) is 0 Å². The van der Waals surface area contributed by atoms with Crippen LogP contribution in [-0.2, 0) is 15.9 Å². The fourth-order valence-corrected chi connectivity index (χ4v) is 3.11. The lowest BCUT2D eigenvalue weighted by Crippen LogP contribution is -2.40. The summed E-state index contributed by atoms with van der Waals surface area (Å²) in [5.41, 5.74) is 2.81. The molecule has 1 aromatic rings. The summed E-state index contributed by atoms with van der Waals surface area (Å²) in [5.74, 6) is 0. The van der Waals surface area contributed by atoms with Gasteiger partial charge in [-0.15, -0.1) is 0 Å². The first kappa shape index (κ1) is 16.1. The first-order valence-corrected chi connectivity index (χ1v) is 8.28. The molecule has 0 radical (unpaired) electrons. The average Bonchev–Trinajstić information content (AvgIpc) is 2.83. The molecule has 2 aliphatic rings. The maximum Gasteiger partial charge on any atom is 0.414 e. The van der Waals surface area contributed by atoms with Crippen LogP contribution in [0, 0.1) is 0 Å². The zero-order valence-corrected chi connectivity index (χ0v) is 14.4. The van der Waals surface area contributed by atoms with Crippen LogP contribution >= 0.6 is 0 Å². The van der Waals surface area contributed by atoms with Crippen LogP contribution in [0.4, 0.5) is 16.2 Å². The Morgan fingerprint density at radius 2 is 2.04 bits per heavy atom. The Bertz CT molecular complexity index is 588. The number of rotatable bonds is 3. The predicted octanol–water partition coefficient (Wildman–Crippen LogP) is 3.57. The highest BCUT2D eigenvalue weighted by molar-refractivity contribution is 5.91. The number of carbonyl (C=O) groups excluding carboxylic acids is 1. The van der Waals surface area contributed by atoms with Gasteiger partial charge in [0.2, 0.25) is 0 Å². The number of benzene rings is 1. The van der Waals surface area contributed by atoms with Crippen molar-refractivity contribution in [1.82, 2.24) is 0 Å². The van der Waals surface area contributed by atoms with Gasteiger partial charge in [0.25, 0.3) is 0 Å². The fourth-order valence-electron chi connectivity index (χ4n) is 3.11. The summed E-state index contributed by atoms with van der Waals surface area (Å²) < 4.78 is 10.8. The zero-order valence-electron chi connectivity index (χ0n) is 14.4. The van der Waals surface area contributed by atoms with Crippen molar-refractivity contribution in [2.45, 2.75) is 57.8 Å². The predicted molar refractivity (Wildman–Crippen MR) is 91.2 cm³/mol. The Hall–Kier alpha value is -1.75. The second kappa shape index (κ2) is 6.04. The molecular weight excluding hydrogens is 292 g/mol. The molecule has 5 nitrogen and oxygen atoms in total. The molecule has 0 atom stereocenters. The normalized spacial score (nSPS) is 23.2. The van der Waals surface area contributed by atoms with Gasteiger partial charge in [-0.1, -0.05) is 0 Å². The van der Waals surface area contributed by atoms with Gasteiger partial charge in [-0.3, -0.25) is 4.90 Å². The number of fused-ring (bicyclic) bond motifs is 1. The van der Waals surface area contributed by atoms with E-state index in [1.807, 2.05) is 32.9 Å². The second-order valence-electron chi connectivity index (χ2n) is 7.40. The van der Waals surface area contributed by atoms with E-state index in [1.165, 1.54) is 5.56 Å². The number of anilines is 2. The largest absolute Gasteiger partial charge is 0.443 e. The molecule has 0 unspecified atom stereocenters. The first-order chi connectivity index (χ1) is 10.9. The lowest BCUT2D eigenvalue weighted by Gasteiger charge is -2.35. The molecule has 1 aliphatic heterocycles. The van der Waals surface area contributed by atoms with Gasteiger partial charge in [0, 0.05) is 25.4 Å². The molecule has 1 heterocycles. The third kappa shape index (κ3) is 3.61. The quantitative estimate of drug-likeness (QED) is 0.925. The lowest BCUT2D eigenvalue weighted by atomic mass is 9.89. The Morgan fingerprint density at radius 3 is 2.70 bits per heavy atom. The summed E-state index contributed by atoms with van der Waals surface area (Å²) >= 11 is 0. The number of nitrogens with zero attached hydrogens (tertiary/aromatic N) is 1. The second-order valence-corrected chi connectivity index (χ2v) is 7.40. The highest BCUT2D eigenvalue weighted by Crippen LogP contribution is 2.33. The summed E-state index contributed by atoms with van der Waals surface area (Å²) in [6.45, 7) is 6.35. The standard InChI is InChI=1S/C18H26N2O3/c1-18(2,3)23-17(21)20-8-7-12-9-13(5-6-16(12)20)19-14-10-15(11-14)22-4/h5-6,9,14-15,19H,7-8,10-11H2,1-4H3. The molecular formula is C18H26N2O3. The number of ether oxygens (including phenoxy) is 2. The van der Waals surface area contributed by atoms with Gasteiger partial charge in [0.1, 0.15) is 5.60 Å². The molecule has 0 aromatic heterocycles. The summed E-state index contributed by atoms with van der Waals surface area (Å²) in [6, 6.07) is 6.70. The highest BCUT2D eigenvalue weighted by Gasteiger charge is 2.31. The van der Waals surface area contributed by atoms with E-state index in [2.05, 4.69) is 11.4 Å². The third-order valence-corrected chi connectivity index (χ3v) is 4.39. The first-order valence-electron chi connectivity index (χ1n) is 8.28. The Labute approximate surface area is 137 Å². The third-order valence-electron chi connectivity index (χ3n) is 4.39. The van der Waals surface area contributed by atoms with Crippen molar-refractivity contribution in [3.63, 3.8) is 0 Å². The van der Waals surface area contributed by atoms with Crippen molar-refractivity contribution in [3.05, 3.63) is 23.8 Å². The van der Waals surface area contributed by atoms with Crippen molar-refractivity contribution < 1.29 is 14.3 Å². The van der Waals surface area contributed by atoms with Crippen molar-refractivity contribution >= 4 is 17.5 Å². The number of amides is 1. The Balaban J connectivity index is 1.65. The van der Waals surface area contributed by atoms with E-state index in [-0.39, 0.29) is 6.09 Å². The maximum atomic E-state index is 12.3. The minimum Gasteiger partial charge on any atom is -0.443 e. The van der Waals surface area contributed by atoms with Crippen molar-refractivity contribution in [1.29, 1.82) is 0 Å². The van der Waals surface area contributed by atoms with Gasteiger partial charge in [-0.25, -0.2) is 4.79 Å². The highest BCUT2D eigenvalue weighted by atomic mass is 16.6. The molecule has 0 saturated heterocycles. The molecule has 126 valence electrons. The molecule has 0 bridgehead atoms. The number of hydrogen-bond acceptors (Lipinski definition) is 4. The number of carbonyl (C=O) groups is 1. The molecule has 1 fully saturated rings. The van der Waals surface area contributed by atoms with Gasteiger partial charge in [0.05, 0.1) is 11.8 Å². The van der Waals surface area contributed by atoms with Gasteiger partial charge >= 0.3 is 6.09 Å². The molecule has 1 N–H and O–H groups in total. The van der Waals surface area contributed by atoms with E-state index in [9.17, 15) is 4.79 Å². The summed E-state index contributed by atoms with van der Waals surface area (Å²) in [7, 11) is 1.77. The number of hydrogen-bond donors (Lipinski definition) is 1. The minimum absolute atomic E-state index is 0.265. The molecule has 0 spiro atoms. The molecule has 1 amide bonds. The monoisotopic (exact) mass is 318 g/mol. The number of methoxy groups -OCH3 is 1. The molecule has 1 aliphatic carbocycles. The molecule has 23 heavy (non-hydrogen) atoms. The summed E-state index contributed by atoms with van der Waals surface area (Å²) in [5, 5.41) is 3.54. The van der Waals surface area contributed by atoms with Gasteiger partial charge in [-0.05, 0) is 63.8 Å². The van der Waals surface area contributed by atoms with Crippen LogP contribution in [0.2, 0.25) is 0 Å². The average molecular weight is 318 g/mol. The number of nitrogens with one attached hydrogen (secondary N) is 1. The summed E-state index contributed by atoms with van der Waals surface area (Å²) in [6.07, 6.45) is 3.11. The van der Waals surface area contributed by atoms with Gasteiger partial charge in [-0.2, -0.15) is 0 Å². The van der Waals surface area contributed by atoms with Crippen molar-refractivity contribution in [3.8, 4) is 0 Å². The SMILES string of the molecule is COC1CC(Nc2ccc3c(c2)CCN3C(=O)OC(C)(C)C)C1. The van der Waals surface area contributed by atoms with Gasteiger partial charge < -0.3 is 14.8 Å². The summed E-state index contributed by atoms with van der Waals surface area (Å²) in [4.78, 5) is 14.0. The maximum absolute atomic E-state index is 12.3. The smallest absolute Gasteiger partial charge is 0.414 e. The van der Waals surface area contributed by atoms with E-state index in [0.717, 1.165) is 30.6 Å². The van der Waals surface area contributed by atoms with E-state index >= 15 is 0 Å². The van der Waals surface area contributed by atoms with E-state index < -0.39 is 5.60 Å². The van der Waals surface area contributed by atoms with E-state index in [0.29, 0.717) is 18.7 Å². The van der Waals surface area contributed by atoms with Crippen LogP contribution < -0.4 is 10.2 Å². The fraction of sp³-hybridized carbons (Fsp3) is 0.611. The van der Waals surface area contributed by atoms with Crippen LogP contribution in [0.1, 0.15) is 39.2 Å². The van der Waals surface area contributed by atoms with Crippen LogP contribution in [0.3, 0.4) is 0 Å². The van der Waals surface area contributed by atoms with Crippen molar-refractivity contribution in [2.24, 2.45) is 0 Å². The van der Waals surface area contributed by atoms with Crippen molar-refractivity contribution in [2.75, 3.05) is 23.9 Å². The van der Waals surface area contributed by atoms with Crippen LogP contribution in [0.15, 0.2) is 18.2 Å². The van der Waals surface area contributed by atoms with Crippen LogP contribution in [0.5, 0.6) is 0 Å². The zero-order chi connectivity index (χ0) is 16.6. The molecule has 1 saturated carbocycles. The molecule has 3 rings (SSSR count). The van der Waals surface area contributed by atoms with E-state index in [1.54, 1.807) is 12.0 Å². The van der Waals surface area contributed by atoms with Crippen LogP contribution in [-0.4, -0.2) is 37.5 Å². The lowest BCUT2D eigenvalue weighted by molar-refractivity contribution is 0.0328. The topological polar surface area (TPSA) is 50.8 Å². The Morgan fingerprint density at radius 1 is 1.30 bits per heavy atom. The van der Waals surface area contributed by atoms with E-state index in [4.69, 9.17) is 9.47 Å². The van der Waals surface area contributed by atoms with Crippen LogP contribution in [0.25, 0.3) is 0 Å². The molecule has 5 heteroatoms.